The average molecular weight is 387 g/mol. The Morgan fingerprint density at radius 1 is 1.26 bits per heavy atom. The summed E-state index contributed by atoms with van der Waals surface area (Å²) >= 11 is 1.41. The van der Waals surface area contributed by atoms with Gasteiger partial charge in [-0.15, -0.1) is 11.3 Å². The number of anilines is 1. The molecule has 0 atom stereocenters. The third kappa shape index (κ3) is 3.92. The third-order valence-electron chi connectivity index (χ3n) is 5.17. The molecular weight excluding hydrogens is 360 g/mol. The predicted octanol–water partition coefficient (Wildman–Crippen LogP) is 4.24. The molecule has 2 aromatic rings. The summed E-state index contributed by atoms with van der Waals surface area (Å²) in [5.74, 6) is -1.22. The van der Waals surface area contributed by atoms with Gasteiger partial charge in [-0.05, 0) is 55.3 Å². The number of hydrogen-bond acceptors (Lipinski definition) is 4. The van der Waals surface area contributed by atoms with E-state index in [-0.39, 0.29) is 16.9 Å². The van der Waals surface area contributed by atoms with E-state index in [2.05, 4.69) is 24.5 Å². The first kappa shape index (κ1) is 19.6. The van der Waals surface area contributed by atoms with Gasteiger partial charge in [0.25, 0.3) is 5.91 Å². The Labute approximate surface area is 163 Å². The van der Waals surface area contributed by atoms with Crippen molar-refractivity contribution in [3.8, 4) is 0 Å². The molecule has 1 aromatic carbocycles. The topological polar surface area (TPSA) is 78.4 Å². The van der Waals surface area contributed by atoms with Crippen LogP contribution in [-0.2, 0) is 19.4 Å². The van der Waals surface area contributed by atoms with Crippen molar-refractivity contribution in [2.75, 3.05) is 12.4 Å². The first-order valence-corrected chi connectivity index (χ1v) is 9.97. The highest BCUT2D eigenvalue weighted by Gasteiger charge is 2.33. The van der Waals surface area contributed by atoms with E-state index in [0.717, 1.165) is 40.8 Å². The SMILES string of the molecule is CNCc1cccc(C)c1C(=O)Nc1sc2c(c1C(=O)O)CC(C)(C)CC2. The number of benzene rings is 1. The normalized spacial score (nSPS) is 15.3. The molecule has 0 fully saturated rings. The van der Waals surface area contributed by atoms with E-state index in [9.17, 15) is 14.7 Å². The van der Waals surface area contributed by atoms with E-state index in [4.69, 9.17) is 0 Å². The van der Waals surface area contributed by atoms with Crippen LogP contribution in [0.3, 0.4) is 0 Å². The molecule has 3 N–H and O–H groups in total. The van der Waals surface area contributed by atoms with Gasteiger partial charge in [0.15, 0.2) is 0 Å². The van der Waals surface area contributed by atoms with Gasteiger partial charge < -0.3 is 15.7 Å². The van der Waals surface area contributed by atoms with Crippen LogP contribution in [0.1, 0.15) is 62.6 Å². The molecule has 6 heteroatoms. The second kappa shape index (κ2) is 7.44. The van der Waals surface area contributed by atoms with Crippen molar-refractivity contribution in [2.24, 2.45) is 5.41 Å². The number of fused-ring (bicyclic) bond motifs is 1. The number of nitrogens with one attached hydrogen (secondary N) is 2. The molecule has 1 heterocycles. The highest BCUT2D eigenvalue weighted by Crippen LogP contribution is 2.44. The maximum atomic E-state index is 13.0. The maximum absolute atomic E-state index is 13.0. The summed E-state index contributed by atoms with van der Waals surface area (Å²) in [5.41, 5.74) is 3.61. The Balaban J connectivity index is 1.99. The summed E-state index contributed by atoms with van der Waals surface area (Å²) in [6, 6.07) is 5.74. The minimum Gasteiger partial charge on any atom is -0.478 e. The van der Waals surface area contributed by atoms with E-state index in [1.165, 1.54) is 11.3 Å². The van der Waals surface area contributed by atoms with Crippen molar-refractivity contribution in [2.45, 2.75) is 46.6 Å². The summed E-state index contributed by atoms with van der Waals surface area (Å²) < 4.78 is 0. The van der Waals surface area contributed by atoms with Gasteiger partial charge in [0.05, 0.1) is 5.56 Å². The fourth-order valence-electron chi connectivity index (χ4n) is 3.79. The molecule has 1 amide bonds. The lowest BCUT2D eigenvalue weighted by Gasteiger charge is -2.29. The van der Waals surface area contributed by atoms with Gasteiger partial charge in [-0.3, -0.25) is 4.79 Å². The van der Waals surface area contributed by atoms with Gasteiger partial charge in [0.1, 0.15) is 5.00 Å². The highest BCUT2D eigenvalue weighted by atomic mass is 32.1. The molecule has 0 spiro atoms. The summed E-state index contributed by atoms with van der Waals surface area (Å²) in [6.45, 7) is 6.79. The molecular formula is C21H26N2O3S. The van der Waals surface area contributed by atoms with Crippen molar-refractivity contribution in [3.05, 3.63) is 50.9 Å². The van der Waals surface area contributed by atoms with Crippen molar-refractivity contribution in [1.82, 2.24) is 5.32 Å². The monoisotopic (exact) mass is 386 g/mol. The molecule has 0 aliphatic heterocycles. The van der Waals surface area contributed by atoms with Crippen LogP contribution in [0.5, 0.6) is 0 Å². The lowest BCUT2D eigenvalue weighted by molar-refractivity contribution is 0.0696. The van der Waals surface area contributed by atoms with Crippen molar-refractivity contribution in [3.63, 3.8) is 0 Å². The van der Waals surface area contributed by atoms with Crippen LogP contribution in [0.4, 0.5) is 5.00 Å². The van der Waals surface area contributed by atoms with Gasteiger partial charge in [-0.1, -0.05) is 32.0 Å². The molecule has 27 heavy (non-hydrogen) atoms. The predicted molar refractivity (Wildman–Crippen MR) is 109 cm³/mol. The van der Waals surface area contributed by atoms with Crippen LogP contribution in [0.15, 0.2) is 18.2 Å². The second-order valence-corrected chi connectivity index (χ2v) is 9.05. The molecule has 0 radical (unpaired) electrons. The van der Waals surface area contributed by atoms with Crippen molar-refractivity contribution >= 4 is 28.2 Å². The molecule has 5 nitrogen and oxygen atoms in total. The summed E-state index contributed by atoms with van der Waals surface area (Å²) in [5, 5.41) is 16.2. The van der Waals surface area contributed by atoms with Crippen molar-refractivity contribution < 1.29 is 14.7 Å². The number of hydrogen-bond donors (Lipinski definition) is 3. The fraction of sp³-hybridized carbons (Fsp3) is 0.429. The number of aryl methyl sites for hydroxylation is 2. The molecule has 0 bridgehead atoms. The summed E-state index contributed by atoms with van der Waals surface area (Å²) in [7, 11) is 1.83. The van der Waals surface area contributed by atoms with Crippen LogP contribution in [0, 0.1) is 12.3 Å². The maximum Gasteiger partial charge on any atom is 0.339 e. The van der Waals surface area contributed by atoms with Crippen LogP contribution in [-0.4, -0.2) is 24.0 Å². The Kier molecular flexibility index (Phi) is 5.40. The van der Waals surface area contributed by atoms with Crippen LogP contribution >= 0.6 is 11.3 Å². The van der Waals surface area contributed by atoms with Crippen LogP contribution in [0.2, 0.25) is 0 Å². The van der Waals surface area contributed by atoms with Gasteiger partial charge in [-0.2, -0.15) is 0 Å². The van der Waals surface area contributed by atoms with Gasteiger partial charge >= 0.3 is 5.97 Å². The standard InChI is InChI=1S/C21H26N2O3S/c1-12-6-5-7-13(11-22-4)16(12)18(24)23-19-17(20(25)26)14-10-21(2,3)9-8-15(14)27-19/h5-7,22H,8-11H2,1-4H3,(H,23,24)(H,25,26). The first-order chi connectivity index (χ1) is 12.7. The molecule has 0 unspecified atom stereocenters. The minimum absolute atomic E-state index is 0.0789. The third-order valence-corrected chi connectivity index (χ3v) is 6.38. The number of aromatic carboxylic acids is 1. The Bertz CT molecular complexity index is 899. The number of rotatable bonds is 5. The first-order valence-electron chi connectivity index (χ1n) is 9.16. The fourth-order valence-corrected chi connectivity index (χ4v) is 5.00. The molecule has 0 saturated carbocycles. The van der Waals surface area contributed by atoms with E-state index >= 15 is 0 Å². The van der Waals surface area contributed by atoms with E-state index in [1.807, 2.05) is 32.2 Å². The summed E-state index contributed by atoms with van der Waals surface area (Å²) in [4.78, 5) is 26.1. The van der Waals surface area contributed by atoms with E-state index < -0.39 is 5.97 Å². The Hall–Kier alpha value is -2.18. The Morgan fingerprint density at radius 3 is 2.67 bits per heavy atom. The zero-order chi connectivity index (χ0) is 19.8. The lowest BCUT2D eigenvalue weighted by atomic mass is 9.76. The molecule has 0 saturated heterocycles. The van der Waals surface area contributed by atoms with Gasteiger partial charge in [-0.25, -0.2) is 4.79 Å². The minimum atomic E-state index is -0.972. The number of carbonyl (C=O) groups is 2. The number of carboxylic acids is 1. The van der Waals surface area contributed by atoms with Gasteiger partial charge in [0, 0.05) is 17.0 Å². The molecule has 1 aliphatic rings. The highest BCUT2D eigenvalue weighted by molar-refractivity contribution is 7.17. The number of carboxylic acid groups (broad SMARTS) is 1. The lowest BCUT2D eigenvalue weighted by Crippen LogP contribution is -2.23. The van der Waals surface area contributed by atoms with Crippen molar-refractivity contribution in [1.29, 1.82) is 0 Å². The second-order valence-electron chi connectivity index (χ2n) is 7.95. The number of amides is 1. The smallest absolute Gasteiger partial charge is 0.339 e. The molecule has 1 aliphatic carbocycles. The molecule has 144 valence electrons. The quantitative estimate of drug-likeness (QED) is 0.718. The zero-order valence-electron chi connectivity index (χ0n) is 16.2. The number of carbonyl (C=O) groups excluding carboxylic acids is 1. The van der Waals surface area contributed by atoms with E-state index in [0.29, 0.717) is 17.1 Å². The largest absolute Gasteiger partial charge is 0.478 e. The summed E-state index contributed by atoms with van der Waals surface area (Å²) in [6.07, 6.45) is 2.61. The van der Waals surface area contributed by atoms with Crippen LogP contribution in [0.25, 0.3) is 0 Å². The van der Waals surface area contributed by atoms with Crippen LogP contribution < -0.4 is 10.6 Å². The molecule has 1 aromatic heterocycles. The van der Waals surface area contributed by atoms with Gasteiger partial charge in [0.2, 0.25) is 0 Å². The van der Waals surface area contributed by atoms with E-state index in [1.54, 1.807) is 0 Å². The molecule has 3 rings (SSSR count). The zero-order valence-corrected chi connectivity index (χ0v) is 17.0. The Morgan fingerprint density at radius 2 is 2.00 bits per heavy atom. The average Bonchev–Trinajstić information content (AvgIpc) is 2.91. The number of thiophene rings is 1.